The fourth-order valence-corrected chi connectivity index (χ4v) is 5.67. The van der Waals surface area contributed by atoms with Crippen LogP contribution < -0.4 is 10.9 Å². The number of rotatable bonds is 5. The molecule has 2 aromatic heterocycles. The zero-order valence-electron chi connectivity index (χ0n) is 16.0. The minimum atomic E-state index is -0.258. The molecule has 0 saturated heterocycles. The Bertz CT molecular complexity index is 1170. The molecule has 0 fully saturated rings. The minimum absolute atomic E-state index is 0.0335. The highest BCUT2D eigenvalue weighted by atomic mass is 32.2. The van der Waals surface area contributed by atoms with Crippen molar-refractivity contribution in [3.8, 4) is 11.8 Å². The summed E-state index contributed by atoms with van der Waals surface area (Å²) >= 11 is 2.82. The van der Waals surface area contributed by atoms with Crippen LogP contribution in [-0.2, 0) is 17.6 Å². The molecule has 0 saturated carbocycles. The molecule has 0 atom stereocenters. The second-order valence-corrected chi connectivity index (χ2v) is 9.01. The van der Waals surface area contributed by atoms with Gasteiger partial charge in [-0.3, -0.25) is 14.2 Å². The number of hydrogen-bond donors (Lipinski definition) is 1. The Morgan fingerprint density at radius 3 is 2.83 bits per heavy atom. The number of thiophene rings is 1. The van der Waals surface area contributed by atoms with E-state index in [1.54, 1.807) is 15.9 Å². The van der Waals surface area contributed by atoms with Gasteiger partial charge in [0.25, 0.3) is 5.56 Å². The Kier molecular flexibility index (Phi) is 5.69. The van der Waals surface area contributed by atoms with Crippen molar-refractivity contribution in [2.75, 3.05) is 12.3 Å². The van der Waals surface area contributed by atoms with Crippen LogP contribution in [0.3, 0.4) is 0 Å². The van der Waals surface area contributed by atoms with Gasteiger partial charge in [0.1, 0.15) is 11.4 Å². The lowest BCUT2D eigenvalue weighted by Crippen LogP contribution is -2.26. The van der Waals surface area contributed by atoms with Gasteiger partial charge in [0, 0.05) is 4.88 Å². The average Bonchev–Trinajstić information content (AvgIpc) is 3.10. The van der Waals surface area contributed by atoms with Crippen LogP contribution >= 0.6 is 23.1 Å². The third-order valence-electron chi connectivity index (χ3n) is 4.95. The normalized spacial score (nSPS) is 13.1. The lowest BCUT2D eigenvalue weighted by atomic mass is 9.97. The van der Waals surface area contributed by atoms with Gasteiger partial charge >= 0.3 is 0 Å². The first-order chi connectivity index (χ1) is 14.1. The molecular formula is C21H20N4O2S2. The van der Waals surface area contributed by atoms with Crippen LogP contribution in [0.15, 0.2) is 34.2 Å². The molecule has 1 amide bonds. The number of nitrogens with zero attached hydrogens (tertiary/aromatic N) is 3. The van der Waals surface area contributed by atoms with E-state index in [0.717, 1.165) is 52.7 Å². The molecule has 1 N–H and O–H groups in total. The van der Waals surface area contributed by atoms with E-state index in [-0.39, 0.29) is 23.8 Å². The number of aryl methyl sites for hydroxylation is 3. The summed E-state index contributed by atoms with van der Waals surface area (Å²) < 4.78 is 1.62. The number of nitrogens with one attached hydrogen (secondary N) is 1. The van der Waals surface area contributed by atoms with Crippen molar-refractivity contribution in [1.29, 1.82) is 5.26 Å². The highest BCUT2D eigenvalue weighted by molar-refractivity contribution is 7.99. The first-order valence-corrected chi connectivity index (χ1v) is 11.3. The third kappa shape index (κ3) is 3.93. The molecule has 0 spiro atoms. The van der Waals surface area contributed by atoms with Crippen LogP contribution in [0.25, 0.3) is 15.9 Å². The second-order valence-electron chi connectivity index (χ2n) is 6.99. The number of benzene rings is 1. The van der Waals surface area contributed by atoms with E-state index in [2.05, 4.69) is 5.32 Å². The number of amides is 1. The summed E-state index contributed by atoms with van der Waals surface area (Å²) in [5.41, 5.74) is 2.93. The number of aromatic nitrogens is 2. The van der Waals surface area contributed by atoms with Gasteiger partial charge in [-0.05, 0) is 50.3 Å². The molecule has 29 heavy (non-hydrogen) atoms. The van der Waals surface area contributed by atoms with E-state index in [1.165, 1.54) is 16.6 Å². The number of hydrogen-bond acceptors (Lipinski definition) is 6. The van der Waals surface area contributed by atoms with Gasteiger partial charge in [-0.1, -0.05) is 29.5 Å². The summed E-state index contributed by atoms with van der Waals surface area (Å²) in [5, 5.41) is 12.4. The molecule has 6 nitrogen and oxygen atoms in total. The van der Waals surface area contributed by atoms with Crippen molar-refractivity contribution >= 4 is 39.2 Å². The Balaban J connectivity index is 1.83. The highest BCUT2D eigenvalue weighted by Gasteiger charge is 2.23. The Labute approximate surface area is 176 Å². The summed E-state index contributed by atoms with van der Waals surface area (Å²) in [7, 11) is 0. The smallest absolute Gasteiger partial charge is 0.267 e. The predicted molar refractivity (Wildman–Crippen MR) is 116 cm³/mol. The Morgan fingerprint density at radius 1 is 1.31 bits per heavy atom. The summed E-state index contributed by atoms with van der Waals surface area (Å²) in [4.78, 5) is 32.3. The van der Waals surface area contributed by atoms with E-state index >= 15 is 0 Å². The minimum Gasteiger partial charge on any atom is -0.342 e. The number of thioether (sulfide) groups is 1. The van der Waals surface area contributed by atoms with Crippen LogP contribution in [0.1, 0.15) is 28.8 Å². The van der Waals surface area contributed by atoms with Crippen molar-refractivity contribution in [2.24, 2.45) is 0 Å². The van der Waals surface area contributed by atoms with Gasteiger partial charge in [-0.2, -0.15) is 5.26 Å². The van der Waals surface area contributed by atoms with Crippen molar-refractivity contribution in [2.45, 2.75) is 37.8 Å². The molecule has 1 aliphatic carbocycles. The molecule has 2 heterocycles. The van der Waals surface area contributed by atoms with Crippen LogP contribution in [0.2, 0.25) is 0 Å². The number of carbonyl (C=O) groups is 1. The lowest BCUT2D eigenvalue weighted by Gasteiger charge is -2.13. The largest absolute Gasteiger partial charge is 0.342 e. The average molecular weight is 425 g/mol. The van der Waals surface area contributed by atoms with Crippen molar-refractivity contribution < 1.29 is 4.79 Å². The van der Waals surface area contributed by atoms with Gasteiger partial charge < -0.3 is 5.32 Å². The summed E-state index contributed by atoms with van der Waals surface area (Å²) in [5.74, 6) is -0.164. The van der Waals surface area contributed by atoms with Gasteiger partial charge in [-0.15, -0.1) is 11.3 Å². The Hall–Kier alpha value is -2.63. The molecule has 4 rings (SSSR count). The quantitative estimate of drug-likeness (QED) is 0.385. The van der Waals surface area contributed by atoms with Gasteiger partial charge in [0.05, 0.1) is 22.9 Å². The SMILES string of the molecule is Cc1ccc(-n2c(SCC(=O)NCC#N)nc3sc4c(c3c2=O)CCCC4)cc1. The molecule has 148 valence electrons. The summed E-state index contributed by atoms with van der Waals surface area (Å²) in [6.45, 7) is 1.96. The molecule has 0 aliphatic heterocycles. The van der Waals surface area contributed by atoms with Gasteiger partial charge in [0.2, 0.25) is 5.91 Å². The van der Waals surface area contributed by atoms with E-state index in [4.69, 9.17) is 10.2 Å². The van der Waals surface area contributed by atoms with Crippen LogP contribution in [0.4, 0.5) is 0 Å². The molecule has 0 unspecified atom stereocenters. The molecule has 0 bridgehead atoms. The van der Waals surface area contributed by atoms with E-state index < -0.39 is 0 Å². The van der Waals surface area contributed by atoms with Gasteiger partial charge in [-0.25, -0.2) is 4.98 Å². The second kappa shape index (κ2) is 8.39. The van der Waals surface area contributed by atoms with Crippen molar-refractivity contribution in [1.82, 2.24) is 14.9 Å². The molecule has 0 radical (unpaired) electrons. The van der Waals surface area contributed by atoms with Crippen LogP contribution in [0.5, 0.6) is 0 Å². The number of fused-ring (bicyclic) bond motifs is 3. The van der Waals surface area contributed by atoms with E-state index in [1.807, 2.05) is 37.3 Å². The van der Waals surface area contributed by atoms with Crippen molar-refractivity contribution in [3.63, 3.8) is 0 Å². The maximum atomic E-state index is 13.6. The van der Waals surface area contributed by atoms with E-state index in [9.17, 15) is 9.59 Å². The molecule has 1 aliphatic rings. The van der Waals surface area contributed by atoms with Crippen LogP contribution in [-0.4, -0.2) is 27.8 Å². The van der Waals surface area contributed by atoms with E-state index in [0.29, 0.717) is 5.16 Å². The highest BCUT2D eigenvalue weighted by Crippen LogP contribution is 2.35. The Morgan fingerprint density at radius 2 is 2.07 bits per heavy atom. The number of nitriles is 1. The predicted octanol–water partition coefficient (Wildman–Crippen LogP) is 3.37. The topological polar surface area (TPSA) is 87.8 Å². The molecule has 3 aromatic rings. The maximum Gasteiger partial charge on any atom is 0.267 e. The van der Waals surface area contributed by atoms with Crippen LogP contribution in [0, 0.1) is 18.3 Å². The fraction of sp³-hybridized carbons (Fsp3) is 0.333. The summed E-state index contributed by atoms with van der Waals surface area (Å²) in [6, 6.07) is 9.62. The third-order valence-corrected chi connectivity index (χ3v) is 7.07. The summed E-state index contributed by atoms with van der Waals surface area (Å²) in [6.07, 6.45) is 4.16. The first-order valence-electron chi connectivity index (χ1n) is 9.49. The van der Waals surface area contributed by atoms with Crippen molar-refractivity contribution in [3.05, 3.63) is 50.6 Å². The maximum absolute atomic E-state index is 13.6. The standard InChI is InChI=1S/C21H20N4O2S2/c1-13-6-8-14(9-7-13)25-20(27)18-15-4-2-3-5-16(15)29-19(18)24-21(25)28-12-17(26)23-11-10-22/h6-9H,2-5,11-12H2,1H3,(H,23,26). The molecule has 8 heteroatoms. The zero-order valence-corrected chi connectivity index (χ0v) is 17.7. The molecular weight excluding hydrogens is 404 g/mol. The molecule has 1 aromatic carbocycles. The van der Waals surface area contributed by atoms with Gasteiger partial charge in [0.15, 0.2) is 5.16 Å². The zero-order chi connectivity index (χ0) is 20.4. The lowest BCUT2D eigenvalue weighted by molar-refractivity contribution is -0.118. The monoisotopic (exact) mass is 424 g/mol. The fourth-order valence-electron chi connectivity index (χ4n) is 3.52. The number of carbonyl (C=O) groups excluding carboxylic acids is 1. The first kappa shape index (κ1) is 19.7.